The Balaban J connectivity index is 1.32. The summed E-state index contributed by atoms with van der Waals surface area (Å²) < 4.78 is 0. The van der Waals surface area contributed by atoms with Crippen LogP contribution in [0.15, 0.2) is 0 Å². The van der Waals surface area contributed by atoms with Gasteiger partial charge in [-0.05, 0) is 48.0 Å². The molecule has 2 aliphatic rings. The molecule has 148 valence electrons. The lowest BCUT2D eigenvalue weighted by molar-refractivity contribution is 0.236. The number of rotatable bonds is 12. The molecule has 2 aliphatic carbocycles. The average Bonchev–Trinajstić information content (AvgIpc) is 2.62. The Hall–Kier alpha value is 0.350. The van der Waals surface area contributed by atoms with Crippen LogP contribution in [-0.2, 0) is 0 Å². The third kappa shape index (κ3) is 9.21. The maximum atomic E-state index is 2.49. The largest absolute Gasteiger partial charge is 0.162 e. The topological polar surface area (TPSA) is 0 Å². The number of thioether (sulfide) groups is 1. The molecular weight excluding hydrogens is 320 g/mol. The van der Waals surface area contributed by atoms with Crippen molar-refractivity contribution in [2.24, 2.45) is 23.7 Å². The maximum Gasteiger partial charge on any atom is -0.00675 e. The molecular formula is C24H46S. The number of hydrogen-bond donors (Lipinski definition) is 0. The molecule has 4 unspecified atom stereocenters. The van der Waals surface area contributed by atoms with Crippen molar-refractivity contribution in [3.05, 3.63) is 0 Å². The molecule has 0 spiro atoms. The van der Waals surface area contributed by atoms with Gasteiger partial charge in [-0.15, -0.1) is 0 Å². The summed E-state index contributed by atoms with van der Waals surface area (Å²) in [5.74, 6) is 6.99. The van der Waals surface area contributed by atoms with E-state index in [4.69, 9.17) is 0 Å². The maximum absolute atomic E-state index is 2.49. The summed E-state index contributed by atoms with van der Waals surface area (Å²) in [5.41, 5.74) is 0. The van der Waals surface area contributed by atoms with Crippen molar-refractivity contribution in [2.75, 3.05) is 11.5 Å². The summed E-state index contributed by atoms with van der Waals surface area (Å²) in [6.07, 6.45) is 24.0. The first-order valence-electron chi connectivity index (χ1n) is 11.8. The van der Waals surface area contributed by atoms with Crippen molar-refractivity contribution < 1.29 is 0 Å². The Kier molecular flexibility index (Phi) is 11.7. The van der Waals surface area contributed by atoms with Crippen LogP contribution in [0, 0.1) is 23.7 Å². The van der Waals surface area contributed by atoms with Crippen molar-refractivity contribution >= 4 is 11.8 Å². The standard InChI is InChI=1S/C24H46S/c1-21-13-7-9-17-23(21)15-5-3-11-19-25-20-12-4-6-16-24-18-10-8-14-22(24)2/h21-24H,3-20H2,1-2H3. The van der Waals surface area contributed by atoms with E-state index < -0.39 is 0 Å². The first-order valence-corrected chi connectivity index (χ1v) is 13.0. The fraction of sp³-hybridized carbons (Fsp3) is 1.00. The van der Waals surface area contributed by atoms with Crippen LogP contribution in [0.4, 0.5) is 0 Å². The smallest absolute Gasteiger partial charge is 0.00675 e. The lowest BCUT2D eigenvalue weighted by atomic mass is 9.78. The monoisotopic (exact) mass is 366 g/mol. The van der Waals surface area contributed by atoms with Gasteiger partial charge >= 0.3 is 0 Å². The highest BCUT2D eigenvalue weighted by Gasteiger charge is 2.21. The van der Waals surface area contributed by atoms with Gasteiger partial charge in [-0.3, -0.25) is 0 Å². The van der Waals surface area contributed by atoms with Crippen molar-refractivity contribution in [1.29, 1.82) is 0 Å². The van der Waals surface area contributed by atoms with E-state index in [0.29, 0.717) is 0 Å². The van der Waals surface area contributed by atoms with Crippen molar-refractivity contribution in [1.82, 2.24) is 0 Å². The predicted octanol–water partition coefficient (Wildman–Crippen LogP) is 8.49. The highest BCUT2D eigenvalue weighted by Crippen LogP contribution is 2.34. The lowest BCUT2D eigenvalue weighted by Crippen LogP contribution is -2.16. The zero-order valence-corrected chi connectivity index (χ0v) is 18.3. The fourth-order valence-electron chi connectivity index (χ4n) is 5.32. The van der Waals surface area contributed by atoms with Crippen molar-refractivity contribution in [3.8, 4) is 0 Å². The highest BCUT2D eigenvalue weighted by molar-refractivity contribution is 7.99. The van der Waals surface area contributed by atoms with Gasteiger partial charge in [0.2, 0.25) is 0 Å². The summed E-state index contributed by atoms with van der Waals surface area (Å²) in [7, 11) is 0. The second-order valence-corrected chi connectivity index (χ2v) is 10.6. The van der Waals surface area contributed by atoms with Crippen LogP contribution < -0.4 is 0 Å². The molecule has 0 aliphatic heterocycles. The van der Waals surface area contributed by atoms with E-state index in [0.717, 1.165) is 23.7 Å². The molecule has 0 amide bonds. The molecule has 0 saturated heterocycles. The molecule has 0 aromatic rings. The molecule has 25 heavy (non-hydrogen) atoms. The van der Waals surface area contributed by atoms with Gasteiger partial charge < -0.3 is 0 Å². The van der Waals surface area contributed by atoms with Crippen LogP contribution >= 0.6 is 11.8 Å². The molecule has 0 radical (unpaired) electrons. The molecule has 2 rings (SSSR count). The molecule has 4 atom stereocenters. The quantitative estimate of drug-likeness (QED) is 0.312. The predicted molar refractivity (Wildman–Crippen MR) is 117 cm³/mol. The minimum atomic E-state index is 1.01. The van der Waals surface area contributed by atoms with E-state index in [-0.39, 0.29) is 0 Å². The van der Waals surface area contributed by atoms with Crippen LogP contribution in [0.2, 0.25) is 0 Å². The highest BCUT2D eigenvalue weighted by atomic mass is 32.2. The molecule has 2 fully saturated rings. The molecule has 1 heteroatoms. The van der Waals surface area contributed by atoms with Gasteiger partial charge in [0.15, 0.2) is 0 Å². The third-order valence-corrected chi connectivity index (χ3v) is 8.46. The van der Waals surface area contributed by atoms with Crippen LogP contribution in [0.1, 0.15) is 117 Å². The molecule has 0 aromatic carbocycles. The van der Waals surface area contributed by atoms with E-state index >= 15 is 0 Å². The summed E-state index contributed by atoms with van der Waals surface area (Å²) in [5, 5.41) is 0. The Bertz CT molecular complexity index is 283. The zero-order valence-electron chi connectivity index (χ0n) is 17.4. The molecule has 0 bridgehead atoms. The van der Waals surface area contributed by atoms with Crippen molar-refractivity contribution in [2.45, 2.75) is 117 Å². The van der Waals surface area contributed by atoms with Crippen LogP contribution in [0.25, 0.3) is 0 Å². The Morgan fingerprint density at radius 1 is 0.560 bits per heavy atom. The number of hydrogen-bond acceptors (Lipinski definition) is 1. The van der Waals surface area contributed by atoms with Gasteiger partial charge in [-0.25, -0.2) is 0 Å². The minimum absolute atomic E-state index is 1.01. The van der Waals surface area contributed by atoms with Gasteiger partial charge in [-0.1, -0.05) is 104 Å². The SMILES string of the molecule is CC1CCCCC1CCCCCSCCCCCC1CCCCC1C. The van der Waals surface area contributed by atoms with Crippen molar-refractivity contribution in [3.63, 3.8) is 0 Å². The van der Waals surface area contributed by atoms with Crippen LogP contribution in [-0.4, -0.2) is 11.5 Å². The molecule has 0 N–H and O–H groups in total. The first-order chi connectivity index (χ1) is 12.3. The zero-order chi connectivity index (χ0) is 17.7. The molecule has 0 heterocycles. The normalized spacial score (nSPS) is 30.5. The minimum Gasteiger partial charge on any atom is -0.162 e. The average molecular weight is 367 g/mol. The number of unbranched alkanes of at least 4 members (excludes halogenated alkanes) is 4. The van der Waals surface area contributed by atoms with E-state index in [1.54, 1.807) is 0 Å². The molecule has 0 nitrogen and oxygen atoms in total. The third-order valence-electron chi connectivity index (χ3n) is 7.31. The van der Waals surface area contributed by atoms with E-state index in [1.165, 1.54) is 114 Å². The summed E-state index contributed by atoms with van der Waals surface area (Å²) in [4.78, 5) is 0. The lowest BCUT2D eigenvalue weighted by Gasteiger charge is -2.28. The van der Waals surface area contributed by atoms with Gasteiger partial charge in [0.1, 0.15) is 0 Å². The Morgan fingerprint density at radius 2 is 1.00 bits per heavy atom. The molecule has 2 saturated carbocycles. The second-order valence-electron chi connectivity index (χ2n) is 9.35. The Morgan fingerprint density at radius 3 is 1.44 bits per heavy atom. The van der Waals surface area contributed by atoms with E-state index in [1.807, 2.05) is 0 Å². The fourth-order valence-corrected chi connectivity index (χ4v) is 6.34. The summed E-state index contributed by atoms with van der Waals surface area (Å²) in [6.45, 7) is 4.99. The van der Waals surface area contributed by atoms with Gasteiger partial charge in [0.05, 0.1) is 0 Å². The van der Waals surface area contributed by atoms with Gasteiger partial charge in [0.25, 0.3) is 0 Å². The first kappa shape index (κ1) is 21.6. The Labute approximate surface area is 163 Å². The van der Waals surface area contributed by atoms with Gasteiger partial charge in [-0.2, -0.15) is 11.8 Å². The second kappa shape index (κ2) is 13.5. The van der Waals surface area contributed by atoms with E-state index in [9.17, 15) is 0 Å². The summed E-state index contributed by atoms with van der Waals surface area (Å²) in [6, 6.07) is 0. The van der Waals surface area contributed by atoms with Gasteiger partial charge in [0, 0.05) is 0 Å². The van der Waals surface area contributed by atoms with E-state index in [2.05, 4.69) is 25.6 Å². The molecule has 0 aromatic heterocycles. The van der Waals surface area contributed by atoms with Crippen LogP contribution in [0.3, 0.4) is 0 Å². The summed E-state index contributed by atoms with van der Waals surface area (Å²) >= 11 is 2.23. The van der Waals surface area contributed by atoms with Crippen LogP contribution in [0.5, 0.6) is 0 Å².